The molecular formula is C16H17BrN2O. The average Bonchev–Trinajstić information content (AvgIpc) is 2.48. The maximum atomic E-state index is 9.62. The molecule has 1 aliphatic rings. The van der Waals surface area contributed by atoms with Crippen LogP contribution < -0.4 is 4.90 Å². The Bertz CT molecular complexity index is 630. The molecule has 0 saturated heterocycles. The molecule has 0 aliphatic carbocycles. The Kier molecular flexibility index (Phi) is 3.76. The number of pyridine rings is 1. The summed E-state index contributed by atoms with van der Waals surface area (Å²) in [4.78, 5) is 6.79. The fraction of sp³-hybridized carbons (Fsp3) is 0.312. The average molecular weight is 333 g/mol. The number of hydrogen-bond donors (Lipinski definition) is 1. The highest BCUT2D eigenvalue weighted by Crippen LogP contribution is 2.37. The Morgan fingerprint density at radius 3 is 3.00 bits per heavy atom. The molecule has 1 N–H and O–H groups in total. The standard InChI is InChI=1S/C16H17BrN2O/c1-11-6-7-12-4-2-3-5-15(12)19(11)16-13(10-20)8-14(17)9-18-16/h2-5,8-9,11,20H,6-7,10H2,1H3. The van der Waals surface area contributed by atoms with Crippen LogP contribution in [0.2, 0.25) is 0 Å². The number of aromatic nitrogens is 1. The van der Waals surface area contributed by atoms with Crippen LogP contribution in [0, 0.1) is 0 Å². The van der Waals surface area contributed by atoms with Crippen LogP contribution >= 0.6 is 15.9 Å². The van der Waals surface area contributed by atoms with Crippen molar-refractivity contribution >= 4 is 27.4 Å². The van der Waals surface area contributed by atoms with Gasteiger partial charge < -0.3 is 10.0 Å². The second-order valence-corrected chi connectivity index (χ2v) is 6.10. The molecule has 1 aromatic carbocycles. The van der Waals surface area contributed by atoms with Crippen molar-refractivity contribution in [3.05, 3.63) is 52.1 Å². The zero-order valence-electron chi connectivity index (χ0n) is 11.4. The van der Waals surface area contributed by atoms with Gasteiger partial charge in [0.05, 0.1) is 6.61 Å². The van der Waals surface area contributed by atoms with E-state index in [4.69, 9.17) is 0 Å². The van der Waals surface area contributed by atoms with Gasteiger partial charge in [0, 0.05) is 28.0 Å². The summed E-state index contributed by atoms with van der Waals surface area (Å²) in [6, 6.07) is 10.8. The van der Waals surface area contributed by atoms with Crippen molar-refractivity contribution in [1.82, 2.24) is 4.98 Å². The molecule has 0 bridgehead atoms. The summed E-state index contributed by atoms with van der Waals surface area (Å²) in [6.45, 7) is 2.20. The highest BCUT2D eigenvalue weighted by Gasteiger charge is 2.26. The van der Waals surface area contributed by atoms with Crippen LogP contribution in [-0.4, -0.2) is 16.1 Å². The van der Waals surface area contributed by atoms with E-state index in [0.717, 1.165) is 28.7 Å². The van der Waals surface area contributed by atoms with Crippen molar-refractivity contribution in [3.63, 3.8) is 0 Å². The van der Waals surface area contributed by atoms with E-state index >= 15 is 0 Å². The van der Waals surface area contributed by atoms with Crippen LogP contribution in [0.4, 0.5) is 11.5 Å². The van der Waals surface area contributed by atoms with Crippen LogP contribution in [0.1, 0.15) is 24.5 Å². The molecule has 20 heavy (non-hydrogen) atoms. The SMILES string of the molecule is CC1CCc2ccccc2N1c1ncc(Br)cc1CO. The Morgan fingerprint density at radius 2 is 2.20 bits per heavy atom. The molecule has 0 spiro atoms. The van der Waals surface area contributed by atoms with Gasteiger partial charge in [0.1, 0.15) is 5.82 Å². The Morgan fingerprint density at radius 1 is 1.40 bits per heavy atom. The van der Waals surface area contributed by atoms with Gasteiger partial charge in [-0.25, -0.2) is 4.98 Å². The first kappa shape index (κ1) is 13.6. The summed E-state index contributed by atoms with van der Waals surface area (Å²) in [5.74, 6) is 0.857. The number of nitrogens with zero attached hydrogens (tertiary/aromatic N) is 2. The number of hydrogen-bond acceptors (Lipinski definition) is 3. The smallest absolute Gasteiger partial charge is 0.138 e. The third-order valence-electron chi connectivity index (χ3n) is 3.83. The Balaban J connectivity index is 2.14. The first-order valence-electron chi connectivity index (χ1n) is 6.83. The van der Waals surface area contributed by atoms with E-state index < -0.39 is 0 Å². The molecule has 2 heterocycles. The van der Waals surface area contributed by atoms with Gasteiger partial charge in [-0.2, -0.15) is 0 Å². The van der Waals surface area contributed by atoms with Crippen LogP contribution in [0.3, 0.4) is 0 Å². The maximum absolute atomic E-state index is 9.62. The molecule has 1 aromatic heterocycles. The first-order valence-corrected chi connectivity index (χ1v) is 7.62. The second kappa shape index (κ2) is 5.54. The highest BCUT2D eigenvalue weighted by molar-refractivity contribution is 9.10. The number of aliphatic hydroxyl groups excluding tert-OH is 1. The summed E-state index contributed by atoms with van der Waals surface area (Å²) in [7, 11) is 0. The summed E-state index contributed by atoms with van der Waals surface area (Å²) >= 11 is 3.42. The van der Waals surface area contributed by atoms with Gasteiger partial charge in [-0.05, 0) is 53.4 Å². The lowest BCUT2D eigenvalue weighted by atomic mass is 9.96. The number of halogens is 1. The van der Waals surface area contributed by atoms with Gasteiger partial charge in [0.25, 0.3) is 0 Å². The molecule has 2 aromatic rings. The molecular weight excluding hydrogens is 316 g/mol. The summed E-state index contributed by atoms with van der Waals surface area (Å²) < 4.78 is 0.892. The third kappa shape index (κ3) is 2.34. The Labute approximate surface area is 127 Å². The van der Waals surface area contributed by atoms with Crippen LogP contribution in [-0.2, 0) is 13.0 Å². The van der Waals surface area contributed by atoms with Gasteiger partial charge in [-0.3, -0.25) is 0 Å². The fourth-order valence-electron chi connectivity index (χ4n) is 2.82. The third-order valence-corrected chi connectivity index (χ3v) is 4.27. The van der Waals surface area contributed by atoms with Crippen molar-refractivity contribution in [2.75, 3.05) is 4.90 Å². The lowest BCUT2D eigenvalue weighted by Crippen LogP contribution is -2.34. The molecule has 3 nitrogen and oxygen atoms in total. The van der Waals surface area contributed by atoms with Crippen LogP contribution in [0.5, 0.6) is 0 Å². The number of rotatable bonds is 2. The van der Waals surface area contributed by atoms with E-state index in [-0.39, 0.29) is 6.61 Å². The van der Waals surface area contributed by atoms with Crippen molar-refractivity contribution in [2.24, 2.45) is 0 Å². The predicted molar refractivity (Wildman–Crippen MR) is 84.2 cm³/mol. The van der Waals surface area contributed by atoms with E-state index in [9.17, 15) is 5.11 Å². The van der Waals surface area contributed by atoms with Crippen LogP contribution in [0.25, 0.3) is 0 Å². The predicted octanol–water partition coefficient (Wildman–Crippen LogP) is 3.81. The van der Waals surface area contributed by atoms with Gasteiger partial charge >= 0.3 is 0 Å². The van der Waals surface area contributed by atoms with Crippen molar-refractivity contribution in [1.29, 1.82) is 0 Å². The van der Waals surface area contributed by atoms with E-state index in [1.807, 2.05) is 6.07 Å². The molecule has 4 heteroatoms. The van der Waals surface area contributed by atoms with Crippen LogP contribution in [0.15, 0.2) is 41.0 Å². The first-order chi connectivity index (χ1) is 9.70. The van der Waals surface area contributed by atoms with Gasteiger partial charge in [-0.1, -0.05) is 18.2 Å². The molecule has 1 unspecified atom stereocenters. The number of fused-ring (bicyclic) bond motifs is 1. The fourth-order valence-corrected chi connectivity index (χ4v) is 3.20. The number of benzene rings is 1. The summed E-state index contributed by atoms with van der Waals surface area (Å²) in [5.41, 5.74) is 3.40. The maximum Gasteiger partial charge on any atom is 0.138 e. The van der Waals surface area contributed by atoms with E-state index in [2.05, 4.69) is 57.0 Å². The van der Waals surface area contributed by atoms with Crippen molar-refractivity contribution < 1.29 is 5.11 Å². The Hall–Kier alpha value is -1.39. The summed E-state index contributed by atoms with van der Waals surface area (Å²) in [5, 5.41) is 9.62. The van der Waals surface area contributed by atoms with Crippen molar-refractivity contribution in [3.8, 4) is 0 Å². The monoisotopic (exact) mass is 332 g/mol. The van der Waals surface area contributed by atoms with E-state index in [1.54, 1.807) is 6.20 Å². The minimum absolute atomic E-state index is 0.00679. The molecule has 0 amide bonds. The zero-order chi connectivity index (χ0) is 14.1. The topological polar surface area (TPSA) is 36.4 Å². The minimum Gasteiger partial charge on any atom is -0.392 e. The molecule has 1 atom stereocenters. The van der Waals surface area contributed by atoms with E-state index in [0.29, 0.717) is 6.04 Å². The van der Waals surface area contributed by atoms with E-state index in [1.165, 1.54) is 11.3 Å². The minimum atomic E-state index is -0.00679. The lowest BCUT2D eigenvalue weighted by molar-refractivity contribution is 0.281. The van der Waals surface area contributed by atoms with Gasteiger partial charge in [-0.15, -0.1) is 0 Å². The molecule has 104 valence electrons. The number of aliphatic hydroxyl groups is 1. The molecule has 3 rings (SSSR count). The largest absolute Gasteiger partial charge is 0.392 e. The summed E-state index contributed by atoms with van der Waals surface area (Å²) in [6.07, 6.45) is 3.98. The normalized spacial score (nSPS) is 17.9. The molecule has 0 radical (unpaired) electrons. The zero-order valence-corrected chi connectivity index (χ0v) is 13.0. The molecule has 1 aliphatic heterocycles. The van der Waals surface area contributed by atoms with Gasteiger partial charge in [0.2, 0.25) is 0 Å². The van der Waals surface area contributed by atoms with Crippen molar-refractivity contribution in [2.45, 2.75) is 32.4 Å². The number of aryl methyl sites for hydroxylation is 1. The molecule has 0 saturated carbocycles. The van der Waals surface area contributed by atoms with Gasteiger partial charge in [0.15, 0.2) is 0 Å². The quantitative estimate of drug-likeness (QED) is 0.908. The molecule has 0 fully saturated rings. The second-order valence-electron chi connectivity index (χ2n) is 5.18. The number of para-hydroxylation sites is 1. The highest BCUT2D eigenvalue weighted by atomic mass is 79.9. The number of anilines is 2. The lowest BCUT2D eigenvalue weighted by Gasteiger charge is -2.37.